The molecule has 0 aliphatic carbocycles. The van der Waals surface area contributed by atoms with Gasteiger partial charge in [0.1, 0.15) is 0 Å². The lowest BCUT2D eigenvalue weighted by molar-refractivity contribution is 0.488. The molecule has 3 rings (SSSR count). The molecule has 1 atom stereocenters. The van der Waals surface area contributed by atoms with Crippen LogP contribution in [0.5, 0.6) is 0 Å². The van der Waals surface area contributed by atoms with E-state index in [4.69, 9.17) is 0 Å². The van der Waals surface area contributed by atoms with Crippen molar-refractivity contribution in [3.63, 3.8) is 0 Å². The summed E-state index contributed by atoms with van der Waals surface area (Å²) in [5.41, 5.74) is 5.44. The fraction of sp³-hybridized carbons (Fsp3) is 0.333. The van der Waals surface area contributed by atoms with Gasteiger partial charge in [-0.3, -0.25) is 0 Å². The molecule has 0 amide bonds. The van der Waals surface area contributed by atoms with Gasteiger partial charge in [0.25, 0.3) is 0 Å². The summed E-state index contributed by atoms with van der Waals surface area (Å²) in [6, 6.07) is 18.0. The summed E-state index contributed by atoms with van der Waals surface area (Å²) in [6.07, 6.45) is 0. The van der Waals surface area contributed by atoms with E-state index in [0.717, 1.165) is 19.6 Å². The van der Waals surface area contributed by atoms with E-state index >= 15 is 0 Å². The van der Waals surface area contributed by atoms with Crippen LogP contribution in [-0.4, -0.2) is 19.6 Å². The van der Waals surface area contributed by atoms with E-state index < -0.39 is 0 Å². The third kappa shape index (κ3) is 2.56. The van der Waals surface area contributed by atoms with Crippen LogP contribution in [0.1, 0.15) is 22.7 Å². The molecule has 1 heterocycles. The maximum absolute atomic E-state index is 3.53. The second-order valence-electron chi connectivity index (χ2n) is 5.61. The Hall–Kier alpha value is -1.80. The molecular weight excluding hydrogens is 244 g/mol. The zero-order valence-corrected chi connectivity index (χ0v) is 12.3. The fourth-order valence-corrected chi connectivity index (χ4v) is 2.99. The second kappa shape index (κ2) is 5.68. The van der Waals surface area contributed by atoms with Gasteiger partial charge in [-0.15, -0.1) is 0 Å². The number of hydrogen-bond acceptors (Lipinski definition) is 2. The molecule has 0 radical (unpaired) electrons. The molecule has 2 aromatic carbocycles. The van der Waals surface area contributed by atoms with Gasteiger partial charge in [-0.2, -0.15) is 0 Å². The van der Waals surface area contributed by atoms with E-state index in [1.807, 2.05) is 0 Å². The van der Waals surface area contributed by atoms with E-state index in [9.17, 15) is 0 Å². The minimum Gasteiger partial charge on any atom is -0.362 e. The average molecular weight is 266 g/mol. The molecule has 2 nitrogen and oxygen atoms in total. The number of piperazine rings is 1. The molecule has 0 bridgehead atoms. The number of aryl methyl sites for hydroxylation is 2. The highest BCUT2D eigenvalue weighted by Crippen LogP contribution is 2.30. The number of hydrogen-bond donors (Lipinski definition) is 1. The van der Waals surface area contributed by atoms with Crippen molar-refractivity contribution < 1.29 is 0 Å². The first kappa shape index (κ1) is 13.2. The second-order valence-corrected chi connectivity index (χ2v) is 5.61. The molecule has 2 aromatic rings. The normalized spacial score (nSPS) is 19.1. The number of rotatable bonds is 2. The summed E-state index contributed by atoms with van der Waals surface area (Å²) in [5, 5.41) is 3.53. The minimum atomic E-state index is 0.424. The first-order valence-corrected chi connectivity index (χ1v) is 7.35. The summed E-state index contributed by atoms with van der Waals surface area (Å²) in [5.74, 6) is 0. The Morgan fingerprint density at radius 2 is 1.75 bits per heavy atom. The van der Waals surface area contributed by atoms with E-state index in [0.29, 0.717) is 6.04 Å². The number of anilines is 1. The van der Waals surface area contributed by atoms with Crippen molar-refractivity contribution >= 4 is 5.69 Å². The molecule has 1 unspecified atom stereocenters. The van der Waals surface area contributed by atoms with Crippen LogP contribution >= 0.6 is 0 Å². The summed E-state index contributed by atoms with van der Waals surface area (Å²) >= 11 is 0. The van der Waals surface area contributed by atoms with Gasteiger partial charge in [0.15, 0.2) is 0 Å². The molecule has 2 heteroatoms. The standard InChI is InChI=1S/C18H22N2/c1-14-7-9-16(10-8-14)20-12-11-19-13-18(20)17-6-4-3-5-15(17)2/h3-10,18-19H,11-13H2,1-2H3. The quantitative estimate of drug-likeness (QED) is 0.895. The van der Waals surface area contributed by atoms with E-state index in [2.05, 4.69) is 72.6 Å². The molecule has 20 heavy (non-hydrogen) atoms. The molecule has 0 saturated carbocycles. The molecule has 1 saturated heterocycles. The first-order valence-electron chi connectivity index (χ1n) is 7.35. The monoisotopic (exact) mass is 266 g/mol. The smallest absolute Gasteiger partial charge is 0.0670 e. The van der Waals surface area contributed by atoms with Crippen molar-refractivity contribution in [2.24, 2.45) is 0 Å². The van der Waals surface area contributed by atoms with Crippen LogP contribution in [0, 0.1) is 13.8 Å². The first-order chi connectivity index (χ1) is 9.75. The van der Waals surface area contributed by atoms with Crippen molar-refractivity contribution in [3.8, 4) is 0 Å². The molecule has 1 aliphatic rings. The average Bonchev–Trinajstić information content (AvgIpc) is 2.49. The van der Waals surface area contributed by atoms with Gasteiger partial charge in [0, 0.05) is 25.3 Å². The summed E-state index contributed by atoms with van der Waals surface area (Å²) in [4.78, 5) is 2.53. The highest BCUT2D eigenvalue weighted by molar-refractivity contribution is 5.51. The topological polar surface area (TPSA) is 15.3 Å². The summed E-state index contributed by atoms with van der Waals surface area (Å²) in [6.45, 7) is 7.47. The molecule has 104 valence electrons. The molecule has 1 N–H and O–H groups in total. The van der Waals surface area contributed by atoms with Crippen LogP contribution in [0.15, 0.2) is 48.5 Å². The van der Waals surface area contributed by atoms with Crippen molar-refractivity contribution in [3.05, 3.63) is 65.2 Å². The predicted octanol–water partition coefficient (Wildman–Crippen LogP) is 3.45. The zero-order valence-electron chi connectivity index (χ0n) is 12.3. The van der Waals surface area contributed by atoms with Crippen LogP contribution in [0.2, 0.25) is 0 Å². The lowest BCUT2D eigenvalue weighted by Gasteiger charge is -2.39. The molecule has 0 spiro atoms. The van der Waals surface area contributed by atoms with Gasteiger partial charge in [0.05, 0.1) is 6.04 Å². The van der Waals surface area contributed by atoms with Crippen LogP contribution in [0.25, 0.3) is 0 Å². The van der Waals surface area contributed by atoms with Crippen molar-refractivity contribution in [2.45, 2.75) is 19.9 Å². The third-order valence-electron chi connectivity index (χ3n) is 4.16. The third-order valence-corrected chi connectivity index (χ3v) is 4.16. The number of benzene rings is 2. The summed E-state index contributed by atoms with van der Waals surface area (Å²) in [7, 11) is 0. The van der Waals surface area contributed by atoms with Crippen molar-refractivity contribution in [2.75, 3.05) is 24.5 Å². The van der Waals surface area contributed by atoms with Gasteiger partial charge in [-0.05, 0) is 37.1 Å². The highest BCUT2D eigenvalue weighted by atomic mass is 15.2. The number of nitrogens with one attached hydrogen (secondary N) is 1. The Kier molecular flexibility index (Phi) is 3.75. The molecule has 1 aliphatic heterocycles. The van der Waals surface area contributed by atoms with Gasteiger partial charge < -0.3 is 10.2 Å². The van der Waals surface area contributed by atoms with Crippen molar-refractivity contribution in [1.82, 2.24) is 5.32 Å². The van der Waals surface area contributed by atoms with E-state index in [1.165, 1.54) is 22.4 Å². The Bertz CT molecular complexity index is 574. The van der Waals surface area contributed by atoms with Crippen LogP contribution in [-0.2, 0) is 0 Å². The van der Waals surface area contributed by atoms with Gasteiger partial charge >= 0.3 is 0 Å². The highest BCUT2D eigenvalue weighted by Gasteiger charge is 2.24. The lowest BCUT2D eigenvalue weighted by atomic mass is 9.97. The lowest BCUT2D eigenvalue weighted by Crippen LogP contribution is -2.46. The fourth-order valence-electron chi connectivity index (χ4n) is 2.99. The predicted molar refractivity (Wildman–Crippen MR) is 85.3 cm³/mol. The molecular formula is C18H22N2. The zero-order chi connectivity index (χ0) is 13.9. The summed E-state index contributed by atoms with van der Waals surface area (Å²) < 4.78 is 0. The molecule has 0 aromatic heterocycles. The minimum absolute atomic E-state index is 0.424. The Labute approximate surface area is 121 Å². The van der Waals surface area contributed by atoms with Gasteiger partial charge in [-0.1, -0.05) is 42.0 Å². The largest absolute Gasteiger partial charge is 0.362 e. The van der Waals surface area contributed by atoms with Crippen molar-refractivity contribution in [1.29, 1.82) is 0 Å². The number of nitrogens with zero attached hydrogens (tertiary/aromatic N) is 1. The molecule has 1 fully saturated rings. The van der Waals surface area contributed by atoms with Gasteiger partial charge in [0.2, 0.25) is 0 Å². The van der Waals surface area contributed by atoms with E-state index in [1.54, 1.807) is 0 Å². The van der Waals surface area contributed by atoms with Crippen LogP contribution in [0.3, 0.4) is 0 Å². The maximum atomic E-state index is 3.53. The van der Waals surface area contributed by atoms with E-state index in [-0.39, 0.29) is 0 Å². The maximum Gasteiger partial charge on any atom is 0.0670 e. The Morgan fingerprint density at radius 1 is 1.00 bits per heavy atom. The SMILES string of the molecule is Cc1ccc(N2CCNCC2c2ccccc2C)cc1. The van der Waals surface area contributed by atoms with Crippen LogP contribution < -0.4 is 10.2 Å². The van der Waals surface area contributed by atoms with Gasteiger partial charge in [-0.25, -0.2) is 0 Å². The van der Waals surface area contributed by atoms with Crippen LogP contribution in [0.4, 0.5) is 5.69 Å². The Morgan fingerprint density at radius 3 is 2.50 bits per heavy atom. The Balaban J connectivity index is 1.95.